The number of rotatable bonds is 7. The number of hydrogen-bond acceptors (Lipinski definition) is 3. The maximum absolute atomic E-state index is 12.1. The molecule has 1 rings (SSSR count). The van der Waals surface area contributed by atoms with E-state index in [2.05, 4.69) is 0 Å². The molecular formula is C10H20ClNO3S. The Labute approximate surface area is 103 Å². The van der Waals surface area contributed by atoms with Crippen LogP contribution >= 0.6 is 11.6 Å². The Kier molecular flexibility index (Phi) is 6.03. The van der Waals surface area contributed by atoms with Gasteiger partial charge in [-0.1, -0.05) is 6.92 Å². The molecule has 4 nitrogen and oxygen atoms in total. The fraction of sp³-hybridized carbons (Fsp3) is 1.00. The average molecular weight is 270 g/mol. The normalized spacial score (nSPS) is 21.8. The van der Waals surface area contributed by atoms with Crippen molar-refractivity contribution in [2.75, 3.05) is 31.3 Å². The first-order valence-electron chi connectivity index (χ1n) is 5.75. The fourth-order valence-corrected chi connectivity index (χ4v) is 3.93. The molecule has 1 atom stereocenters. The third-order valence-corrected chi connectivity index (χ3v) is 4.73. The lowest BCUT2D eigenvalue weighted by molar-refractivity contribution is 0.126. The Hall–Kier alpha value is 0.160. The zero-order valence-corrected chi connectivity index (χ0v) is 11.3. The molecule has 0 N–H and O–H groups in total. The summed E-state index contributed by atoms with van der Waals surface area (Å²) >= 11 is 5.62. The summed E-state index contributed by atoms with van der Waals surface area (Å²) in [5, 5.41) is 0. The maximum Gasteiger partial charge on any atom is 0.216 e. The van der Waals surface area contributed by atoms with Crippen LogP contribution in [-0.4, -0.2) is 50.2 Å². The average Bonchev–Trinajstić information content (AvgIpc) is 2.69. The number of hydrogen-bond donors (Lipinski definition) is 0. The molecule has 0 aliphatic carbocycles. The van der Waals surface area contributed by atoms with Crippen LogP contribution in [0.15, 0.2) is 0 Å². The molecule has 16 heavy (non-hydrogen) atoms. The Morgan fingerprint density at radius 2 is 2.19 bits per heavy atom. The van der Waals surface area contributed by atoms with Gasteiger partial charge in [0, 0.05) is 25.6 Å². The highest BCUT2D eigenvalue weighted by atomic mass is 35.5. The number of halogens is 1. The molecule has 0 radical (unpaired) electrons. The van der Waals surface area contributed by atoms with E-state index in [-0.39, 0.29) is 11.9 Å². The van der Waals surface area contributed by atoms with E-state index < -0.39 is 10.0 Å². The van der Waals surface area contributed by atoms with Crippen molar-refractivity contribution in [1.29, 1.82) is 0 Å². The molecule has 0 saturated carbocycles. The van der Waals surface area contributed by atoms with Gasteiger partial charge >= 0.3 is 0 Å². The van der Waals surface area contributed by atoms with Gasteiger partial charge in [0.05, 0.1) is 11.9 Å². The first kappa shape index (κ1) is 14.2. The number of alkyl halides is 1. The van der Waals surface area contributed by atoms with Crippen molar-refractivity contribution in [3.8, 4) is 0 Å². The Balaban J connectivity index is 2.57. The van der Waals surface area contributed by atoms with E-state index in [0.29, 0.717) is 25.6 Å². The maximum atomic E-state index is 12.1. The third kappa shape index (κ3) is 4.20. The second-order valence-corrected chi connectivity index (χ2v) is 6.39. The summed E-state index contributed by atoms with van der Waals surface area (Å²) in [5.74, 6) is 0.439. The van der Waals surface area contributed by atoms with Gasteiger partial charge in [-0.15, -0.1) is 11.6 Å². The molecule has 0 bridgehead atoms. The highest BCUT2D eigenvalue weighted by Crippen LogP contribution is 2.16. The standard InChI is InChI=1S/C10H20ClNO3S/c1-2-6-12(7-5-11)16(13,14)9-10-4-3-8-15-10/h10H,2-9H2,1H3. The largest absolute Gasteiger partial charge is 0.377 e. The van der Waals surface area contributed by atoms with Crippen LogP contribution in [0.5, 0.6) is 0 Å². The van der Waals surface area contributed by atoms with E-state index in [1.165, 1.54) is 4.31 Å². The monoisotopic (exact) mass is 269 g/mol. The van der Waals surface area contributed by atoms with Crippen LogP contribution in [0.2, 0.25) is 0 Å². The van der Waals surface area contributed by atoms with Crippen molar-refractivity contribution in [3.05, 3.63) is 0 Å². The molecular weight excluding hydrogens is 250 g/mol. The summed E-state index contributed by atoms with van der Waals surface area (Å²) in [7, 11) is -3.21. The zero-order chi connectivity index (χ0) is 12.0. The SMILES string of the molecule is CCCN(CCCl)S(=O)(=O)CC1CCCO1. The molecule has 0 amide bonds. The van der Waals surface area contributed by atoms with Crippen LogP contribution in [0.4, 0.5) is 0 Å². The molecule has 0 aromatic carbocycles. The van der Waals surface area contributed by atoms with Gasteiger partial charge in [-0.25, -0.2) is 12.7 Å². The molecule has 1 aliphatic heterocycles. The van der Waals surface area contributed by atoms with Gasteiger partial charge in [0.2, 0.25) is 10.0 Å². The van der Waals surface area contributed by atoms with Gasteiger partial charge in [-0.05, 0) is 19.3 Å². The minimum absolute atomic E-state index is 0.101. The van der Waals surface area contributed by atoms with Crippen LogP contribution in [0, 0.1) is 0 Å². The first-order valence-corrected chi connectivity index (χ1v) is 7.90. The van der Waals surface area contributed by atoms with Gasteiger partial charge < -0.3 is 4.74 Å². The summed E-state index contributed by atoms with van der Waals surface area (Å²) in [6.07, 6.45) is 2.49. The van der Waals surface area contributed by atoms with Crippen LogP contribution in [0.3, 0.4) is 0 Å². The van der Waals surface area contributed by atoms with Gasteiger partial charge in [-0.2, -0.15) is 0 Å². The van der Waals surface area contributed by atoms with E-state index >= 15 is 0 Å². The Morgan fingerprint density at radius 1 is 1.44 bits per heavy atom. The van der Waals surface area contributed by atoms with Crippen molar-refractivity contribution in [2.24, 2.45) is 0 Å². The zero-order valence-electron chi connectivity index (χ0n) is 9.69. The van der Waals surface area contributed by atoms with Gasteiger partial charge in [-0.3, -0.25) is 0 Å². The molecule has 0 aromatic rings. The van der Waals surface area contributed by atoms with Crippen LogP contribution in [-0.2, 0) is 14.8 Å². The predicted molar refractivity (Wildman–Crippen MR) is 65.3 cm³/mol. The minimum atomic E-state index is -3.21. The summed E-state index contributed by atoms with van der Waals surface area (Å²) < 4.78 is 30.9. The van der Waals surface area contributed by atoms with E-state index in [1.54, 1.807) is 0 Å². The highest BCUT2D eigenvalue weighted by molar-refractivity contribution is 7.89. The quantitative estimate of drug-likeness (QED) is 0.657. The first-order chi connectivity index (χ1) is 7.60. The fourth-order valence-electron chi connectivity index (χ4n) is 1.85. The van der Waals surface area contributed by atoms with Crippen molar-refractivity contribution < 1.29 is 13.2 Å². The molecule has 1 heterocycles. The van der Waals surface area contributed by atoms with Crippen molar-refractivity contribution in [2.45, 2.75) is 32.3 Å². The van der Waals surface area contributed by atoms with E-state index in [1.807, 2.05) is 6.92 Å². The summed E-state index contributed by atoms with van der Waals surface area (Å²) in [5.41, 5.74) is 0. The lowest BCUT2D eigenvalue weighted by atomic mass is 10.3. The van der Waals surface area contributed by atoms with Crippen LogP contribution in [0.1, 0.15) is 26.2 Å². The summed E-state index contributed by atoms with van der Waals surface area (Å²) in [4.78, 5) is 0. The number of sulfonamides is 1. The summed E-state index contributed by atoms with van der Waals surface area (Å²) in [6.45, 7) is 3.58. The lowest BCUT2D eigenvalue weighted by Gasteiger charge is -2.22. The molecule has 6 heteroatoms. The molecule has 0 spiro atoms. The topological polar surface area (TPSA) is 46.6 Å². The Bertz CT molecular complexity index is 282. The minimum Gasteiger partial charge on any atom is -0.377 e. The molecule has 1 fully saturated rings. The number of nitrogens with zero attached hydrogens (tertiary/aromatic N) is 1. The van der Waals surface area contributed by atoms with Gasteiger partial charge in [0.1, 0.15) is 0 Å². The van der Waals surface area contributed by atoms with Crippen molar-refractivity contribution >= 4 is 21.6 Å². The van der Waals surface area contributed by atoms with E-state index in [0.717, 1.165) is 19.3 Å². The molecule has 1 saturated heterocycles. The second kappa shape index (κ2) is 6.79. The van der Waals surface area contributed by atoms with E-state index in [4.69, 9.17) is 16.3 Å². The van der Waals surface area contributed by atoms with Gasteiger partial charge in [0.25, 0.3) is 0 Å². The van der Waals surface area contributed by atoms with Crippen molar-refractivity contribution in [1.82, 2.24) is 4.31 Å². The lowest BCUT2D eigenvalue weighted by Crippen LogP contribution is -2.38. The molecule has 96 valence electrons. The van der Waals surface area contributed by atoms with Crippen molar-refractivity contribution in [3.63, 3.8) is 0 Å². The number of ether oxygens (including phenoxy) is 1. The summed E-state index contributed by atoms with van der Waals surface area (Å²) in [6, 6.07) is 0. The van der Waals surface area contributed by atoms with E-state index in [9.17, 15) is 8.42 Å². The highest BCUT2D eigenvalue weighted by Gasteiger charge is 2.27. The smallest absolute Gasteiger partial charge is 0.216 e. The molecule has 1 aliphatic rings. The molecule has 0 aromatic heterocycles. The second-order valence-electron chi connectivity index (χ2n) is 4.00. The molecule has 1 unspecified atom stereocenters. The predicted octanol–water partition coefficient (Wildman–Crippen LogP) is 1.45. The van der Waals surface area contributed by atoms with Crippen LogP contribution in [0.25, 0.3) is 0 Å². The van der Waals surface area contributed by atoms with Crippen LogP contribution < -0.4 is 0 Å². The third-order valence-electron chi connectivity index (χ3n) is 2.62. The Morgan fingerprint density at radius 3 is 2.69 bits per heavy atom. The van der Waals surface area contributed by atoms with Gasteiger partial charge in [0.15, 0.2) is 0 Å².